The van der Waals surface area contributed by atoms with E-state index in [4.69, 9.17) is 0 Å². The molecule has 0 spiro atoms. The van der Waals surface area contributed by atoms with Gasteiger partial charge in [0.05, 0.1) is 6.04 Å². The average Bonchev–Trinajstić information content (AvgIpc) is 2.75. The van der Waals surface area contributed by atoms with Crippen LogP contribution in [0.1, 0.15) is 40.7 Å². The third kappa shape index (κ3) is 1.38. The number of amides is 1. The summed E-state index contributed by atoms with van der Waals surface area (Å²) in [7, 11) is 0. The van der Waals surface area contributed by atoms with Gasteiger partial charge in [-0.05, 0) is 26.0 Å². The molecule has 1 amide bonds. The molecule has 2 heterocycles. The van der Waals surface area contributed by atoms with E-state index in [0.717, 1.165) is 17.2 Å². The second-order valence-electron chi connectivity index (χ2n) is 4.84. The predicted octanol–water partition coefficient (Wildman–Crippen LogP) is 2.15. The van der Waals surface area contributed by atoms with Crippen molar-refractivity contribution in [2.45, 2.75) is 25.9 Å². The van der Waals surface area contributed by atoms with Gasteiger partial charge in [0, 0.05) is 22.5 Å². The Kier molecular flexibility index (Phi) is 2.26. The van der Waals surface area contributed by atoms with E-state index in [9.17, 15) is 9.59 Å². The number of aromatic nitrogens is 1. The van der Waals surface area contributed by atoms with Crippen molar-refractivity contribution in [2.75, 3.05) is 0 Å². The predicted molar refractivity (Wildman–Crippen MR) is 69.0 cm³/mol. The molecule has 2 aromatic rings. The molecule has 0 aliphatic carbocycles. The summed E-state index contributed by atoms with van der Waals surface area (Å²) in [5, 5.41) is 3.94. The van der Waals surface area contributed by atoms with E-state index >= 15 is 0 Å². The first-order chi connectivity index (χ1) is 8.61. The monoisotopic (exact) mass is 242 g/mol. The lowest BCUT2D eigenvalue weighted by Crippen LogP contribution is -2.44. The van der Waals surface area contributed by atoms with E-state index in [2.05, 4.69) is 12.2 Å². The largest absolute Gasteiger partial charge is 0.346 e. The molecule has 18 heavy (non-hydrogen) atoms. The molecular weight excluding hydrogens is 228 g/mol. The van der Waals surface area contributed by atoms with E-state index in [1.54, 1.807) is 6.07 Å². The van der Waals surface area contributed by atoms with Crippen molar-refractivity contribution in [3.05, 3.63) is 35.5 Å². The van der Waals surface area contributed by atoms with Gasteiger partial charge in [-0.3, -0.25) is 9.59 Å². The Morgan fingerprint density at radius 3 is 2.78 bits per heavy atom. The van der Waals surface area contributed by atoms with Crippen molar-refractivity contribution < 1.29 is 9.59 Å². The summed E-state index contributed by atoms with van der Waals surface area (Å²) in [6.45, 7) is 4.06. The normalized spacial score (nSPS) is 22.7. The Morgan fingerprint density at radius 2 is 2.06 bits per heavy atom. The van der Waals surface area contributed by atoms with Gasteiger partial charge in [-0.1, -0.05) is 12.1 Å². The van der Waals surface area contributed by atoms with Crippen LogP contribution in [-0.4, -0.2) is 22.8 Å². The summed E-state index contributed by atoms with van der Waals surface area (Å²) in [5.41, 5.74) is 2.25. The standard InChI is InChI=1S/C14H14N2O2/c1-8-9(2)16-12-5-10(7-17)3-4-11(12)6-13(16)14(18)15-8/h3-9H,1-2H3,(H,15,18). The van der Waals surface area contributed by atoms with Gasteiger partial charge < -0.3 is 9.88 Å². The molecule has 4 nitrogen and oxygen atoms in total. The molecule has 1 aromatic heterocycles. The zero-order valence-corrected chi connectivity index (χ0v) is 10.3. The third-order valence-electron chi connectivity index (χ3n) is 3.72. The lowest BCUT2D eigenvalue weighted by atomic mass is 10.1. The maximum Gasteiger partial charge on any atom is 0.268 e. The molecule has 1 aromatic carbocycles. The highest BCUT2D eigenvalue weighted by molar-refractivity contribution is 6.00. The Bertz CT molecular complexity index is 657. The molecule has 3 rings (SSSR count). The minimum Gasteiger partial charge on any atom is -0.346 e. The third-order valence-corrected chi connectivity index (χ3v) is 3.72. The minimum atomic E-state index is -0.0514. The van der Waals surface area contributed by atoms with E-state index < -0.39 is 0 Å². The zero-order valence-electron chi connectivity index (χ0n) is 10.3. The van der Waals surface area contributed by atoms with Gasteiger partial charge in [-0.25, -0.2) is 0 Å². The van der Waals surface area contributed by atoms with Crippen LogP contribution in [0, 0.1) is 0 Å². The molecule has 0 fully saturated rings. The number of fused-ring (bicyclic) bond motifs is 3. The van der Waals surface area contributed by atoms with Gasteiger partial charge in [-0.2, -0.15) is 0 Å². The van der Waals surface area contributed by atoms with E-state index in [1.165, 1.54) is 0 Å². The number of nitrogens with one attached hydrogen (secondary N) is 1. The van der Waals surface area contributed by atoms with Crippen molar-refractivity contribution in [3.8, 4) is 0 Å². The summed E-state index contributed by atoms with van der Waals surface area (Å²) in [5.74, 6) is -0.0514. The maximum atomic E-state index is 12.0. The molecule has 2 atom stereocenters. The van der Waals surface area contributed by atoms with E-state index in [1.807, 2.05) is 29.7 Å². The Labute approximate surface area is 105 Å². The number of nitrogens with zero attached hydrogens (tertiary/aromatic N) is 1. The SMILES string of the molecule is CC1NC(=O)c2cc3ccc(C=O)cc3n2C1C. The van der Waals surface area contributed by atoms with Crippen LogP contribution >= 0.6 is 0 Å². The van der Waals surface area contributed by atoms with Crippen molar-refractivity contribution in [3.63, 3.8) is 0 Å². The number of hydrogen-bond acceptors (Lipinski definition) is 2. The summed E-state index contributed by atoms with van der Waals surface area (Å²) < 4.78 is 2.02. The van der Waals surface area contributed by atoms with Gasteiger partial charge in [0.1, 0.15) is 12.0 Å². The lowest BCUT2D eigenvalue weighted by Gasteiger charge is -2.30. The van der Waals surface area contributed by atoms with Gasteiger partial charge in [0.15, 0.2) is 0 Å². The number of carbonyl (C=O) groups excluding carboxylic acids is 2. The fraction of sp³-hybridized carbons (Fsp3) is 0.286. The van der Waals surface area contributed by atoms with Crippen molar-refractivity contribution in [2.24, 2.45) is 0 Å². The van der Waals surface area contributed by atoms with Gasteiger partial charge in [0.25, 0.3) is 5.91 Å². The van der Waals surface area contributed by atoms with Crippen LogP contribution in [0.3, 0.4) is 0 Å². The fourth-order valence-corrected chi connectivity index (χ4v) is 2.55. The molecule has 4 heteroatoms. The first-order valence-electron chi connectivity index (χ1n) is 6.03. The van der Waals surface area contributed by atoms with E-state index in [0.29, 0.717) is 11.3 Å². The van der Waals surface area contributed by atoms with Gasteiger partial charge >= 0.3 is 0 Å². The van der Waals surface area contributed by atoms with Gasteiger partial charge in [0.2, 0.25) is 0 Å². The number of hydrogen-bond donors (Lipinski definition) is 1. The number of carbonyl (C=O) groups is 2. The highest BCUT2D eigenvalue weighted by atomic mass is 16.2. The fourth-order valence-electron chi connectivity index (χ4n) is 2.55. The molecule has 1 aliphatic heterocycles. The van der Waals surface area contributed by atoms with Crippen LogP contribution in [0.4, 0.5) is 0 Å². The highest BCUT2D eigenvalue weighted by Crippen LogP contribution is 2.29. The first kappa shape index (κ1) is 11.0. The molecule has 1 N–H and O–H groups in total. The van der Waals surface area contributed by atoms with Gasteiger partial charge in [-0.15, -0.1) is 0 Å². The summed E-state index contributed by atoms with van der Waals surface area (Å²) in [6.07, 6.45) is 0.830. The van der Waals surface area contributed by atoms with Crippen LogP contribution in [0.2, 0.25) is 0 Å². The summed E-state index contributed by atoms with van der Waals surface area (Å²) in [6, 6.07) is 7.63. The number of aldehydes is 1. The molecule has 0 saturated carbocycles. The van der Waals surface area contributed by atoms with Crippen LogP contribution in [-0.2, 0) is 0 Å². The highest BCUT2D eigenvalue weighted by Gasteiger charge is 2.29. The first-order valence-corrected chi connectivity index (χ1v) is 6.03. The molecule has 1 aliphatic rings. The van der Waals surface area contributed by atoms with Crippen LogP contribution < -0.4 is 5.32 Å². The van der Waals surface area contributed by atoms with Crippen LogP contribution in [0.25, 0.3) is 10.9 Å². The molecule has 0 radical (unpaired) electrons. The smallest absolute Gasteiger partial charge is 0.268 e. The topological polar surface area (TPSA) is 51.1 Å². The Morgan fingerprint density at radius 1 is 1.28 bits per heavy atom. The molecule has 0 saturated heterocycles. The second kappa shape index (κ2) is 3.70. The van der Waals surface area contributed by atoms with Crippen molar-refractivity contribution >= 4 is 23.1 Å². The van der Waals surface area contributed by atoms with Crippen LogP contribution in [0.15, 0.2) is 24.3 Å². The summed E-state index contributed by atoms with van der Waals surface area (Å²) in [4.78, 5) is 22.8. The number of rotatable bonds is 1. The van der Waals surface area contributed by atoms with E-state index in [-0.39, 0.29) is 18.0 Å². The maximum absolute atomic E-state index is 12.0. The quantitative estimate of drug-likeness (QED) is 0.779. The summed E-state index contributed by atoms with van der Waals surface area (Å²) >= 11 is 0. The van der Waals surface area contributed by atoms with Crippen molar-refractivity contribution in [1.29, 1.82) is 0 Å². The minimum absolute atomic E-state index is 0.0514. The molecule has 0 bridgehead atoms. The number of benzene rings is 1. The Hall–Kier alpha value is -2.10. The molecule has 2 unspecified atom stereocenters. The average molecular weight is 242 g/mol. The zero-order chi connectivity index (χ0) is 12.9. The second-order valence-corrected chi connectivity index (χ2v) is 4.84. The van der Waals surface area contributed by atoms with Crippen molar-refractivity contribution in [1.82, 2.24) is 9.88 Å². The Balaban J connectivity index is 2.33. The molecule has 92 valence electrons. The van der Waals surface area contributed by atoms with Crippen LogP contribution in [0.5, 0.6) is 0 Å². The lowest BCUT2D eigenvalue weighted by molar-refractivity contribution is 0.0891. The molecular formula is C14H14N2O2.